The normalized spacial score (nSPS) is 10.4. The molecule has 0 aliphatic heterocycles. The third kappa shape index (κ3) is 3.46. The Labute approximate surface area is 136 Å². The van der Waals surface area contributed by atoms with Crippen molar-refractivity contribution in [2.75, 3.05) is 21.3 Å². The van der Waals surface area contributed by atoms with Gasteiger partial charge in [0, 0.05) is 11.6 Å². The fourth-order valence-electron chi connectivity index (χ4n) is 2.34. The maximum absolute atomic E-state index is 9.30. The predicted molar refractivity (Wildman–Crippen MR) is 90.9 cm³/mol. The van der Waals surface area contributed by atoms with Gasteiger partial charge < -0.3 is 14.2 Å². The smallest absolute Gasteiger partial charge is 0.164 e. The van der Waals surface area contributed by atoms with E-state index in [-0.39, 0.29) is 0 Å². The Balaban J connectivity index is 2.48. The first-order valence-corrected chi connectivity index (χ1v) is 7.12. The molecular weight excluding hydrogens is 290 g/mol. The van der Waals surface area contributed by atoms with E-state index in [1.165, 1.54) is 0 Å². The third-order valence-electron chi connectivity index (χ3n) is 3.60. The van der Waals surface area contributed by atoms with Crippen molar-refractivity contribution in [1.82, 2.24) is 0 Å². The summed E-state index contributed by atoms with van der Waals surface area (Å²) in [7, 11) is 4.77. The molecule has 0 radical (unpaired) electrons. The number of methoxy groups -OCH3 is 3. The Kier molecular flexibility index (Phi) is 5.27. The van der Waals surface area contributed by atoms with E-state index in [4.69, 9.17) is 14.2 Å². The highest BCUT2D eigenvalue weighted by molar-refractivity contribution is 5.77. The van der Waals surface area contributed by atoms with Crippen molar-refractivity contribution in [3.05, 3.63) is 52.6 Å². The summed E-state index contributed by atoms with van der Waals surface area (Å²) in [5.41, 5.74) is 3.33. The molecule has 118 valence electrons. The van der Waals surface area contributed by atoms with Gasteiger partial charge in [-0.3, -0.25) is 0 Å². The highest BCUT2D eigenvalue weighted by Crippen LogP contribution is 2.35. The van der Waals surface area contributed by atoms with Gasteiger partial charge in [0.15, 0.2) is 11.5 Å². The maximum atomic E-state index is 9.30. The molecule has 2 aromatic carbocycles. The van der Waals surface area contributed by atoms with E-state index in [1.807, 2.05) is 43.3 Å². The molecule has 0 fully saturated rings. The lowest BCUT2D eigenvalue weighted by Crippen LogP contribution is -1.94. The quantitative estimate of drug-likeness (QED) is 0.781. The van der Waals surface area contributed by atoms with Crippen LogP contribution in [0.25, 0.3) is 12.2 Å². The van der Waals surface area contributed by atoms with Crippen LogP contribution in [0.15, 0.2) is 30.3 Å². The van der Waals surface area contributed by atoms with Gasteiger partial charge in [0.1, 0.15) is 11.8 Å². The molecular formula is C19H19NO3. The zero-order valence-electron chi connectivity index (χ0n) is 13.7. The molecule has 0 aliphatic carbocycles. The standard InChI is InChI=1S/C19H19NO3/c1-13-6-5-7-14(16(13)12-20)8-9-15-10-18(22-3)19(23-4)11-17(15)21-2/h5-11H,1-4H3. The molecule has 0 unspecified atom stereocenters. The van der Waals surface area contributed by atoms with Crippen LogP contribution in [0.5, 0.6) is 17.2 Å². The Bertz CT molecular complexity index is 773. The Morgan fingerprint density at radius 1 is 0.870 bits per heavy atom. The summed E-state index contributed by atoms with van der Waals surface area (Å²) in [6.07, 6.45) is 3.80. The second kappa shape index (κ2) is 7.37. The molecule has 0 spiro atoms. The first-order chi connectivity index (χ1) is 11.1. The molecule has 0 bridgehead atoms. The van der Waals surface area contributed by atoms with Crippen molar-refractivity contribution in [1.29, 1.82) is 5.26 Å². The van der Waals surface area contributed by atoms with Crippen molar-refractivity contribution in [3.63, 3.8) is 0 Å². The molecule has 23 heavy (non-hydrogen) atoms. The van der Waals surface area contributed by atoms with E-state index in [9.17, 15) is 5.26 Å². The second-order valence-corrected chi connectivity index (χ2v) is 4.93. The summed E-state index contributed by atoms with van der Waals surface area (Å²) < 4.78 is 16.0. The monoisotopic (exact) mass is 309 g/mol. The number of nitriles is 1. The molecule has 0 amide bonds. The average Bonchev–Trinajstić information content (AvgIpc) is 2.59. The van der Waals surface area contributed by atoms with Gasteiger partial charge in [0.25, 0.3) is 0 Å². The lowest BCUT2D eigenvalue weighted by atomic mass is 10.0. The van der Waals surface area contributed by atoms with Crippen molar-refractivity contribution < 1.29 is 14.2 Å². The molecule has 0 atom stereocenters. The zero-order valence-corrected chi connectivity index (χ0v) is 13.7. The van der Waals surface area contributed by atoms with Gasteiger partial charge >= 0.3 is 0 Å². The minimum Gasteiger partial charge on any atom is -0.496 e. The molecule has 0 aromatic heterocycles. The van der Waals surface area contributed by atoms with Crippen LogP contribution in [0.1, 0.15) is 22.3 Å². The lowest BCUT2D eigenvalue weighted by molar-refractivity contribution is 0.348. The summed E-state index contributed by atoms with van der Waals surface area (Å²) >= 11 is 0. The fourth-order valence-corrected chi connectivity index (χ4v) is 2.34. The number of rotatable bonds is 5. The number of hydrogen-bond donors (Lipinski definition) is 0. The number of hydrogen-bond acceptors (Lipinski definition) is 4. The van der Waals surface area contributed by atoms with Crippen LogP contribution >= 0.6 is 0 Å². The fraction of sp³-hybridized carbons (Fsp3) is 0.211. The van der Waals surface area contributed by atoms with E-state index < -0.39 is 0 Å². The highest BCUT2D eigenvalue weighted by Gasteiger charge is 2.10. The highest BCUT2D eigenvalue weighted by atomic mass is 16.5. The van der Waals surface area contributed by atoms with Crippen LogP contribution in [0.3, 0.4) is 0 Å². The first-order valence-electron chi connectivity index (χ1n) is 7.12. The minimum absolute atomic E-state index is 0.606. The van der Waals surface area contributed by atoms with Crippen LogP contribution in [0.4, 0.5) is 0 Å². The molecule has 2 rings (SSSR count). The van der Waals surface area contributed by atoms with E-state index in [0.29, 0.717) is 22.8 Å². The van der Waals surface area contributed by atoms with Crippen LogP contribution in [0, 0.1) is 18.3 Å². The van der Waals surface area contributed by atoms with Gasteiger partial charge in [0.2, 0.25) is 0 Å². The van der Waals surface area contributed by atoms with Crippen molar-refractivity contribution in [3.8, 4) is 23.3 Å². The lowest BCUT2D eigenvalue weighted by Gasteiger charge is -2.12. The topological polar surface area (TPSA) is 51.5 Å². The van der Waals surface area contributed by atoms with Gasteiger partial charge in [-0.15, -0.1) is 0 Å². The Morgan fingerprint density at radius 2 is 1.48 bits per heavy atom. The largest absolute Gasteiger partial charge is 0.496 e. The minimum atomic E-state index is 0.606. The SMILES string of the molecule is COc1cc(OC)c(OC)cc1C=Cc1cccc(C)c1C#N. The van der Waals surface area contributed by atoms with E-state index in [0.717, 1.165) is 16.7 Å². The van der Waals surface area contributed by atoms with Crippen molar-refractivity contribution >= 4 is 12.2 Å². The van der Waals surface area contributed by atoms with Crippen LogP contribution in [0.2, 0.25) is 0 Å². The van der Waals surface area contributed by atoms with Gasteiger partial charge in [-0.05, 0) is 24.1 Å². The summed E-state index contributed by atoms with van der Waals surface area (Å²) in [6, 6.07) is 11.6. The third-order valence-corrected chi connectivity index (χ3v) is 3.60. The first kappa shape index (κ1) is 16.4. The summed E-state index contributed by atoms with van der Waals surface area (Å²) in [5, 5.41) is 9.30. The van der Waals surface area contributed by atoms with E-state index >= 15 is 0 Å². The van der Waals surface area contributed by atoms with Crippen molar-refractivity contribution in [2.24, 2.45) is 0 Å². The van der Waals surface area contributed by atoms with Gasteiger partial charge in [-0.2, -0.15) is 5.26 Å². The number of aryl methyl sites for hydroxylation is 1. The van der Waals surface area contributed by atoms with E-state index in [1.54, 1.807) is 27.4 Å². The van der Waals surface area contributed by atoms with E-state index in [2.05, 4.69) is 6.07 Å². The number of benzene rings is 2. The van der Waals surface area contributed by atoms with Gasteiger partial charge in [-0.25, -0.2) is 0 Å². The maximum Gasteiger partial charge on any atom is 0.164 e. The summed E-state index contributed by atoms with van der Waals surface area (Å²) in [5.74, 6) is 1.90. The molecule has 4 nitrogen and oxygen atoms in total. The zero-order chi connectivity index (χ0) is 16.8. The molecule has 2 aromatic rings. The molecule has 0 saturated heterocycles. The molecule has 4 heteroatoms. The second-order valence-electron chi connectivity index (χ2n) is 4.93. The van der Waals surface area contributed by atoms with Crippen LogP contribution in [-0.2, 0) is 0 Å². The van der Waals surface area contributed by atoms with Gasteiger partial charge in [-0.1, -0.05) is 30.4 Å². The van der Waals surface area contributed by atoms with Crippen molar-refractivity contribution in [2.45, 2.75) is 6.92 Å². The summed E-state index contributed by atoms with van der Waals surface area (Å²) in [4.78, 5) is 0. The predicted octanol–water partition coefficient (Wildman–Crippen LogP) is 4.06. The summed E-state index contributed by atoms with van der Waals surface area (Å²) in [6.45, 7) is 1.92. The number of nitrogens with zero attached hydrogens (tertiary/aromatic N) is 1. The van der Waals surface area contributed by atoms with Crippen LogP contribution < -0.4 is 14.2 Å². The Morgan fingerprint density at radius 3 is 2.09 bits per heavy atom. The molecule has 0 aliphatic rings. The van der Waals surface area contributed by atoms with Gasteiger partial charge in [0.05, 0.1) is 26.9 Å². The number of ether oxygens (including phenoxy) is 3. The molecule has 0 saturated carbocycles. The molecule has 0 N–H and O–H groups in total. The average molecular weight is 309 g/mol. The Hall–Kier alpha value is -2.93. The molecule has 0 heterocycles. The van der Waals surface area contributed by atoms with Crippen LogP contribution in [-0.4, -0.2) is 21.3 Å².